The molecule has 26 heavy (non-hydrogen) atoms. The van der Waals surface area contributed by atoms with Gasteiger partial charge in [-0.2, -0.15) is 0 Å². The molecule has 0 heterocycles. The Hall–Kier alpha value is -2.14. The molecule has 0 saturated carbocycles. The van der Waals surface area contributed by atoms with E-state index in [1.807, 2.05) is 0 Å². The molecular formula is C21H28O5. The highest BCUT2D eigenvalue weighted by Gasteiger charge is 2.31. The van der Waals surface area contributed by atoms with E-state index in [9.17, 15) is 14.7 Å². The maximum atomic E-state index is 12.4. The number of carbonyl (C=O) groups is 2. The van der Waals surface area contributed by atoms with Gasteiger partial charge in [0.05, 0.1) is 31.5 Å². The van der Waals surface area contributed by atoms with Crippen LogP contribution in [0.25, 0.3) is 0 Å². The third kappa shape index (κ3) is 4.33. The first-order chi connectivity index (χ1) is 12.5. The van der Waals surface area contributed by atoms with Crippen LogP contribution in [-0.2, 0) is 0 Å². The highest BCUT2D eigenvalue weighted by Crippen LogP contribution is 2.41. The number of benzene rings is 1. The van der Waals surface area contributed by atoms with Crippen LogP contribution in [0.2, 0.25) is 0 Å². The van der Waals surface area contributed by atoms with E-state index >= 15 is 0 Å². The first-order valence-electron chi connectivity index (χ1n) is 9.28. The lowest BCUT2D eigenvalue weighted by Gasteiger charge is -2.22. The van der Waals surface area contributed by atoms with Crippen LogP contribution in [0.1, 0.15) is 84.3 Å². The summed E-state index contributed by atoms with van der Waals surface area (Å²) < 4.78 is 10.7. The van der Waals surface area contributed by atoms with Gasteiger partial charge in [0.15, 0.2) is 11.6 Å². The van der Waals surface area contributed by atoms with Gasteiger partial charge >= 0.3 is 0 Å². The summed E-state index contributed by atoms with van der Waals surface area (Å²) in [5.74, 6) is -0.0578. The van der Waals surface area contributed by atoms with Crippen molar-refractivity contribution >= 4 is 11.6 Å². The number of hydrogen-bond acceptors (Lipinski definition) is 5. The van der Waals surface area contributed by atoms with Crippen molar-refractivity contribution in [3.63, 3.8) is 0 Å². The van der Waals surface area contributed by atoms with Crippen molar-refractivity contribution < 1.29 is 24.2 Å². The van der Waals surface area contributed by atoms with Gasteiger partial charge in [-0.1, -0.05) is 45.4 Å². The molecule has 0 aliphatic heterocycles. The van der Waals surface area contributed by atoms with Crippen LogP contribution in [0.5, 0.6) is 11.5 Å². The quantitative estimate of drug-likeness (QED) is 0.625. The van der Waals surface area contributed by atoms with Gasteiger partial charge < -0.3 is 14.6 Å². The van der Waals surface area contributed by atoms with E-state index in [-0.39, 0.29) is 28.4 Å². The summed E-state index contributed by atoms with van der Waals surface area (Å²) in [5, 5.41) is 10.7. The number of fused-ring (bicyclic) bond motifs is 1. The minimum absolute atomic E-state index is 0.177. The lowest BCUT2D eigenvalue weighted by molar-refractivity contribution is 0.0987. The second-order valence-corrected chi connectivity index (χ2v) is 6.59. The van der Waals surface area contributed by atoms with Gasteiger partial charge in [-0.05, 0) is 24.6 Å². The number of ketones is 2. The van der Waals surface area contributed by atoms with E-state index in [0.29, 0.717) is 17.7 Å². The molecule has 2 rings (SSSR count). The van der Waals surface area contributed by atoms with Crippen molar-refractivity contribution in [2.75, 3.05) is 14.2 Å². The van der Waals surface area contributed by atoms with Crippen molar-refractivity contribution in [3.8, 4) is 11.5 Å². The topological polar surface area (TPSA) is 72.8 Å². The molecule has 5 heteroatoms. The number of rotatable bonds is 10. The fraction of sp³-hybridized carbons (Fsp3) is 0.524. The average Bonchev–Trinajstić information content (AvgIpc) is 2.65. The number of aliphatic hydroxyl groups excluding tert-OH is 1. The summed E-state index contributed by atoms with van der Waals surface area (Å²) >= 11 is 0. The van der Waals surface area contributed by atoms with Gasteiger partial charge in [-0.15, -0.1) is 0 Å². The van der Waals surface area contributed by atoms with Crippen LogP contribution < -0.4 is 9.47 Å². The number of carbonyl (C=O) groups excluding carboxylic acids is 2. The molecule has 1 unspecified atom stereocenters. The zero-order chi connectivity index (χ0) is 19.1. The summed E-state index contributed by atoms with van der Waals surface area (Å²) in [5.41, 5.74) is 0.872. The number of hydrogen-bond donors (Lipinski definition) is 1. The Morgan fingerprint density at radius 1 is 0.923 bits per heavy atom. The van der Waals surface area contributed by atoms with E-state index < -0.39 is 6.10 Å². The molecule has 1 N–H and O–H groups in total. The Balaban J connectivity index is 2.25. The Morgan fingerprint density at radius 2 is 1.54 bits per heavy atom. The number of allylic oxidation sites excluding steroid dienone is 2. The van der Waals surface area contributed by atoms with Crippen LogP contribution in [0.4, 0.5) is 0 Å². The molecule has 0 radical (unpaired) electrons. The highest BCUT2D eigenvalue weighted by atomic mass is 16.5. The second-order valence-electron chi connectivity index (χ2n) is 6.59. The van der Waals surface area contributed by atoms with Crippen molar-refractivity contribution in [2.45, 2.75) is 58.0 Å². The Kier molecular flexibility index (Phi) is 7.39. The third-order valence-electron chi connectivity index (χ3n) is 4.77. The number of ether oxygens (including phenoxy) is 2. The molecule has 0 bridgehead atoms. The first-order valence-corrected chi connectivity index (χ1v) is 9.28. The van der Waals surface area contributed by atoms with Gasteiger partial charge in [0, 0.05) is 5.56 Å². The Labute approximate surface area is 155 Å². The van der Waals surface area contributed by atoms with Crippen LogP contribution in [0.3, 0.4) is 0 Å². The van der Waals surface area contributed by atoms with Crippen LogP contribution in [0, 0.1) is 0 Å². The minimum atomic E-state index is -0.774. The fourth-order valence-corrected chi connectivity index (χ4v) is 3.36. The van der Waals surface area contributed by atoms with Crippen LogP contribution in [0.15, 0.2) is 18.2 Å². The summed E-state index contributed by atoms with van der Waals surface area (Å²) in [4.78, 5) is 24.6. The molecule has 1 aliphatic carbocycles. The maximum absolute atomic E-state index is 12.4. The lowest BCUT2D eigenvalue weighted by atomic mass is 9.88. The molecule has 0 saturated heterocycles. The minimum Gasteiger partial charge on any atom is -0.496 e. The molecule has 1 aromatic carbocycles. The van der Waals surface area contributed by atoms with E-state index in [0.717, 1.165) is 19.3 Å². The van der Waals surface area contributed by atoms with Crippen molar-refractivity contribution in [1.29, 1.82) is 0 Å². The van der Waals surface area contributed by atoms with Crippen molar-refractivity contribution in [3.05, 3.63) is 34.9 Å². The standard InChI is InChI=1S/C21H28O5/c1-4-5-6-7-8-9-10-15(22)14-13-18(25-2)19-16(23)11-12-17(24)20(19)21(14)26-3/h11-13,15,22H,4-10H2,1-3H3. The predicted molar refractivity (Wildman–Crippen MR) is 100 cm³/mol. The van der Waals surface area contributed by atoms with E-state index in [2.05, 4.69) is 6.92 Å². The van der Waals surface area contributed by atoms with Crippen molar-refractivity contribution in [1.82, 2.24) is 0 Å². The number of aliphatic hydroxyl groups is 1. The van der Waals surface area contributed by atoms with Gasteiger partial charge in [0.25, 0.3) is 0 Å². The van der Waals surface area contributed by atoms with Gasteiger partial charge in [-0.25, -0.2) is 0 Å². The molecule has 0 aromatic heterocycles. The summed E-state index contributed by atoms with van der Waals surface area (Å²) in [6.07, 6.45) is 9.02. The highest BCUT2D eigenvalue weighted by molar-refractivity contribution is 6.24. The third-order valence-corrected chi connectivity index (χ3v) is 4.77. The molecule has 1 atom stereocenters. The monoisotopic (exact) mass is 360 g/mol. The number of unbranched alkanes of at least 4 members (excludes halogenated alkanes) is 5. The molecule has 5 nitrogen and oxygen atoms in total. The number of methoxy groups -OCH3 is 2. The van der Waals surface area contributed by atoms with E-state index in [4.69, 9.17) is 9.47 Å². The van der Waals surface area contributed by atoms with Gasteiger partial charge in [0.2, 0.25) is 0 Å². The fourth-order valence-electron chi connectivity index (χ4n) is 3.36. The van der Waals surface area contributed by atoms with Crippen LogP contribution >= 0.6 is 0 Å². The second kappa shape index (κ2) is 9.53. The average molecular weight is 360 g/mol. The van der Waals surface area contributed by atoms with E-state index in [1.54, 1.807) is 6.07 Å². The molecule has 1 aromatic rings. The van der Waals surface area contributed by atoms with Gasteiger partial charge in [-0.3, -0.25) is 9.59 Å². The SMILES string of the molecule is CCCCCCCCC(O)c1cc(OC)c2c(c1OC)C(=O)C=CC2=O. The zero-order valence-electron chi connectivity index (χ0n) is 15.8. The molecular weight excluding hydrogens is 332 g/mol. The molecule has 0 amide bonds. The van der Waals surface area contributed by atoms with E-state index in [1.165, 1.54) is 45.6 Å². The Morgan fingerprint density at radius 3 is 2.15 bits per heavy atom. The van der Waals surface area contributed by atoms with Crippen LogP contribution in [-0.4, -0.2) is 30.9 Å². The summed E-state index contributed by atoms with van der Waals surface area (Å²) in [6.45, 7) is 2.18. The zero-order valence-corrected chi connectivity index (χ0v) is 15.8. The van der Waals surface area contributed by atoms with Gasteiger partial charge in [0.1, 0.15) is 11.5 Å². The molecule has 0 spiro atoms. The lowest BCUT2D eigenvalue weighted by Crippen LogP contribution is -2.17. The predicted octanol–water partition coefficient (Wildman–Crippen LogP) is 4.42. The van der Waals surface area contributed by atoms with Crippen molar-refractivity contribution in [2.24, 2.45) is 0 Å². The first kappa shape index (κ1) is 20.2. The molecule has 1 aliphatic rings. The molecule has 0 fully saturated rings. The largest absolute Gasteiger partial charge is 0.496 e. The normalized spacial score (nSPS) is 14.3. The Bertz CT molecular complexity index is 690. The maximum Gasteiger partial charge on any atom is 0.190 e. The summed E-state index contributed by atoms with van der Waals surface area (Å²) in [6, 6.07) is 1.61. The molecule has 142 valence electrons. The smallest absolute Gasteiger partial charge is 0.190 e. The summed E-state index contributed by atoms with van der Waals surface area (Å²) in [7, 11) is 2.89.